The molecular formula is C21H30N4O4. The van der Waals surface area contributed by atoms with Crippen molar-refractivity contribution in [2.45, 2.75) is 64.3 Å². The van der Waals surface area contributed by atoms with Gasteiger partial charge in [-0.2, -0.15) is 5.10 Å². The lowest BCUT2D eigenvalue weighted by Gasteiger charge is -2.21. The van der Waals surface area contributed by atoms with Crippen LogP contribution in [0.1, 0.15) is 58.3 Å². The molecule has 0 radical (unpaired) electrons. The van der Waals surface area contributed by atoms with Gasteiger partial charge in [-0.05, 0) is 31.9 Å². The molecule has 29 heavy (non-hydrogen) atoms. The first kappa shape index (κ1) is 22.4. The summed E-state index contributed by atoms with van der Waals surface area (Å²) in [6.45, 7) is 1.64. The van der Waals surface area contributed by atoms with Gasteiger partial charge in [0.25, 0.3) is 0 Å². The van der Waals surface area contributed by atoms with E-state index >= 15 is 0 Å². The molecule has 1 aliphatic carbocycles. The van der Waals surface area contributed by atoms with Gasteiger partial charge in [0.05, 0.1) is 13.5 Å². The van der Waals surface area contributed by atoms with Gasteiger partial charge in [-0.15, -0.1) is 0 Å². The van der Waals surface area contributed by atoms with Crippen molar-refractivity contribution in [2.24, 2.45) is 5.10 Å². The molecule has 1 aromatic rings. The third kappa shape index (κ3) is 8.33. The second kappa shape index (κ2) is 11.8. The van der Waals surface area contributed by atoms with Gasteiger partial charge in [-0.1, -0.05) is 38.2 Å². The molecule has 0 spiro atoms. The maximum Gasteiger partial charge on any atom is 0.329 e. The van der Waals surface area contributed by atoms with Crippen LogP contribution in [0, 0.1) is 0 Å². The number of carbonyl (C=O) groups excluding carboxylic acids is 3. The van der Waals surface area contributed by atoms with Gasteiger partial charge in [-0.3, -0.25) is 14.4 Å². The fraction of sp³-hybridized carbons (Fsp3) is 0.524. The molecule has 1 aromatic carbocycles. The second-order valence-corrected chi connectivity index (χ2v) is 7.26. The number of rotatable bonds is 6. The summed E-state index contributed by atoms with van der Waals surface area (Å²) >= 11 is 0. The van der Waals surface area contributed by atoms with Crippen molar-refractivity contribution >= 4 is 29.1 Å². The summed E-state index contributed by atoms with van der Waals surface area (Å²) in [7, 11) is 1.51. The zero-order chi connectivity index (χ0) is 21.1. The Morgan fingerprint density at radius 2 is 1.76 bits per heavy atom. The second-order valence-electron chi connectivity index (χ2n) is 7.26. The van der Waals surface area contributed by atoms with Crippen LogP contribution >= 0.6 is 0 Å². The molecule has 158 valence electrons. The molecule has 0 aromatic heterocycles. The molecule has 1 aliphatic rings. The monoisotopic (exact) mass is 402 g/mol. The van der Waals surface area contributed by atoms with E-state index in [0.29, 0.717) is 17.1 Å². The molecule has 0 aliphatic heterocycles. The lowest BCUT2D eigenvalue weighted by molar-refractivity contribution is -0.136. The number of ether oxygens (including phenoxy) is 1. The first-order valence-electron chi connectivity index (χ1n) is 10.1. The van der Waals surface area contributed by atoms with Gasteiger partial charge >= 0.3 is 11.8 Å². The number of amides is 3. The van der Waals surface area contributed by atoms with Crippen molar-refractivity contribution < 1.29 is 19.1 Å². The van der Waals surface area contributed by atoms with Crippen LogP contribution in [0.4, 0.5) is 5.69 Å². The van der Waals surface area contributed by atoms with E-state index in [1.54, 1.807) is 31.2 Å². The summed E-state index contributed by atoms with van der Waals surface area (Å²) in [6, 6.07) is 6.87. The number of hydrazone groups is 1. The number of benzene rings is 1. The third-order valence-electron chi connectivity index (χ3n) is 4.77. The van der Waals surface area contributed by atoms with E-state index in [1.165, 1.54) is 26.4 Å². The molecule has 1 fully saturated rings. The van der Waals surface area contributed by atoms with Crippen LogP contribution in [0.25, 0.3) is 0 Å². The van der Waals surface area contributed by atoms with Gasteiger partial charge in [-0.25, -0.2) is 5.43 Å². The molecule has 1 saturated carbocycles. The van der Waals surface area contributed by atoms with Crippen molar-refractivity contribution in [3.05, 3.63) is 24.3 Å². The summed E-state index contributed by atoms with van der Waals surface area (Å²) < 4.78 is 5.07. The first-order chi connectivity index (χ1) is 14.0. The Morgan fingerprint density at radius 1 is 1.07 bits per heavy atom. The minimum atomic E-state index is -0.910. The van der Waals surface area contributed by atoms with Crippen LogP contribution in [0.5, 0.6) is 5.75 Å². The quantitative estimate of drug-likeness (QED) is 0.386. The predicted octanol–water partition coefficient (Wildman–Crippen LogP) is 2.75. The molecule has 0 unspecified atom stereocenters. The highest BCUT2D eigenvalue weighted by Crippen LogP contribution is 2.17. The Balaban J connectivity index is 1.77. The molecule has 0 heterocycles. The van der Waals surface area contributed by atoms with Gasteiger partial charge in [0.2, 0.25) is 5.91 Å². The van der Waals surface area contributed by atoms with Crippen molar-refractivity contribution in [3.63, 3.8) is 0 Å². The standard InChI is InChI=1S/C21H30N4O4/c1-15(13-19(26)22-16-9-6-4-3-5-7-10-16)24-25-21(28)20(27)23-17-11-8-12-18(14-17)29-2/h8,11-12,14,16H,3-7,9-10,13H2,1-2H3,(H,22,26)(H,23,27)(H,25,28)/b24-15+. The van der Waals surface area contributed by atoms with E-state index in [0.717, 1.165) is 25.7 Å². The Hall–Kier alpha value is -2.90. The summed E-state index contributed by atoms with van der Waals surface area (Å²) in [5.41, 5.74) is 3.04. The molecule has 0 saturated heterocycles. The fourth-order valence-electron chi connectivity index (χ4n) is 3.24. The highest BCUT2D eigenvalue weighted by atomic mass is 16.5. The maximum atomic E-state index is 12.2. The Bertz CT molecular complexity index is 740. The lowest BCUT2D eigenvalue weighted by atomic mass is 9.96. The largest absolute Gasteiger partial charge is 0.497 e. The molecule has 3 N–H and O–H groups in total. The normalized spacial score (nSPS) is 15.6. The van der Waals surface area contributed by atoms with Gasteiger partial charge < -0.3 is 15.4 Å². The number of methoxy groups -OCH3 is 1. The molecular weight excluding hydrogens is 372 g/mol. The van der Waals surface area contributed by atoms with Gasteiger partial charge in [0, 0.05) is 23.5 Å². The Morgan fingerprint density at radius 3 is 2.45 bits per heavy atom. The number of carbonyl (C=O) groups is 3. The topological polar surface area (TPSA) is 109 Å². The zero-order valence-electron chi connectivity index (χ0n) is 17.1. The lowest BCUT2D eigenvalue weighted by Crippen LogP contribution is -2.36. The average molecular weight is 402 g/mol. The average Bonchev–Trinajstić information content (AvgIpc) is 2.68. The van der Waals surface area contributed by atoms with Crippen LogP contribution in [-0.2, 0) is 14.4 Å². The summed E-state index contributed by atoms with van der Waals surface area (Å²) in [5, 5.41) is 9.37. The number of nitrogens with zero attached hydrogens (tertiary/aromatic N) is 1. The van der Waals surface area contributed by atoms with E-state index in [9.17, 15) is 14.4 Å². The number of hydrogen-bond donors (Lipinski definition) is 3. The SMILES string of the molecule is COc1cccc(NC(=O)C(=O)N/N=C(\C)CC(=O)NC2CCCCCCC2)c1. The van der Waals surface area contributed by atoms with Crippen LogP contribution < -0.4 is 20.8 Å². The number of anilines is 1. The van der Waals surface area contributed by atoms with E-state index in [-0.39, 0.29) is 18.4 Å². The molecule has 2 rings (SSSR count). The highest BCUT2D eigenvalue weighted by molar-refractivity contribution is 6.39. The highest BCUT2D eigenvalue weighted by Gasteiger charge is 2.16. The Kier molecular flexibility index (Phi) is 9.14. The van der Waals surface area contributed by atoms with E-state index in [1.807, 2.05) is 0 Å². The van der Waals surface area contributed by atoms with Crippen molar-refractivity contribution in [1.82, 2.24) is 10.7 Å². The summed E-state index contributed by atoms with van der Waals surface area (Å²) in [4.78, 5) is 36.1. The third-order valence-corrected chi connectivity index (χ3v) is 4.77. The smallest absolute Gasteiger partial charge is 0.329 e. The van der Waals surface area contributed by atoms with Crippen molar-refractivity contribution in [1.29, 1.82) is 0 Å². The summed E-state index contributed by atoms with van der Waals surface area (Å²) in [6.07, 6.45) is 8.07. The number of hydrogen-bond acceptors (Lipinski definition) is 5. The van der Waals surface area contributed by atoms with Crippen LogP contribution in [0.2, 0.25) is 0 Å². The molecule has 0 atom stereocenters. The molecule has 8 nitrogen and oxygen atoms in total. The van der Waals surface area contributed by atoms with E-state index in [2.05, 4.69) is 21.2 Å². The molecule has 8 heteroatoms. The van der Waals surface area contributed by atoms with E-state index in [4.69, 9.17) is 4.74 Å². The van der Waals surface area contributed by atoms with Gasteiger partial charge in [0.15, 0.2) is 0 Å². The van der Waals surface area contributed by atoms with Crippen LogP contribution in [0.15, 0.2) is 29.4 Å². The van der Waals surface area contributed by atoms with Gasteiger partial charge in [0.1, 0.15) is 5.75 Å². The maximum absolute atomic E-state index is 12.2. The first-order valence-corrected chi connectivity index (χ1v) is 10.1. The molecule has 0 bridgehead atoms. The van der Waals surface area contributed by atoms with Crippen LogP contribution in [-0.4, -0.2) is 36.6 Å². The number of nitrogens with one attached hydrogen (secondary N) is 3. The minimum Gasteiger partial charge on any atom is -0.497 e. The fourth-order valence-corrected chi connectivity index (χ4v) is 3.24. The van der Waals surface area contributed by atoms with Crippen LogP contribution in [0.3, 0.4) is 0 Å². The van der Waals surface area contributed by atoms with E-state index < -0.39 is 11.8 Å². The van der Waals surface area contributed by atoms with Crippen molar-refractivity contribution in [3.8, 4) is 5.75 Å². The zero-order valence-corrected chi connectivity index (χ0v) is 17.1. The summed E-state index contributed by atoms with van der Waals surface area (Å²) in [5.74, 6) is -1.32. The predicted molar refractivity (Wildman–Crippen MR) is 112 cm³/mol. The Labute approximate surface area is 171 Å². The molecule has 3 amide bonds. The van der Waals surface area contributed by atoms with Crippen molar-refractivity contribution in [2.75, 3.05) is 12.4 Å². The minimum absolute atomic E-state index is 0.0777.